The van der Waals surface area contributed by atoms with Crippen molar-refractivity contribution in [1.82, 2.24) is 0 Å². The summed E-state index contributed by atoms with van der Waals surface area (Å²) in [6, 6.07) is 0. The van der Waals surface area contributed by atoms with Gasteiger partial charge in [0.1, 0.15) is 0 Å². The highest BCUT2D eigenvalue weighted by atomic mass is 79.9. The number of aliphatic hydroxyl groups excluding tert-OH is 2. The van der Waals surface area contributed by atoms with Crippen molar-refractivity contribution in [1.29, 1.82) is 0 Å². The van der Waals surface area contributed by atoms with Crippen LogP contribution in [0.2, 0.25) is 0 Å². The Morgan fingerprint density at radius 3 is 0.889 bits per heavy atom. The van der Waals surface area contributed by atoms with E-state index in [1.165, 1.54) is 0 Å². The maximum atomic E-state index is 8.41. The maximum Gasteiger partial charge on any atom is 0.0701 e. The second-order valence-corrected chi connectivity index (χ2v) is 2.90. The lowest BCUT2D eigenvalue weighted by Crippen LogP contribution is -3.00. The molecular formula is C10H22Br2O6-2. The predicted octanol–water partition coefficient (Wildman–Crippen LogP) is -6.95. The molecule has 0 rings (SSSR count). The Morgan fingerprint density at radius 1 is 0.444 bits per heavy atom. The third-order valence-electron chi connectivity index (χ3n) is 1.59. The Kier molecular flexibility index (Phi) is 30.2. The van der Waals surface area contributed by atoms with Gasteiger partial charge in [-0.25, -0.2) is 0 Å². The summed E-state index contributed by atoms with van der Waals surface area (Å²) < 4.78 is 20.4. The number of ether oxygens (including phenoxy) is 4. The molecule has 0 spiro atoms. The molecule has 0 heterocycles. The lowest BCUT2D eigenvalue weighted by atomic mass is 10.7. The first-order valence-electron chi connectivity index (χ1n) is 5.44. The summed E-state index contributed by atoms with van der Waals surface area (Å²) in [4.78, 5) is 0. The van der Waals surface area contributed by atoms with E-state index in [0.717, 1.165) is 0 Å². The van der Waals surface area contributed by atoms with Gasteiger partial charge in [0.2, 0.25) is 0 Å². The van der Waals surface area contributed by atoms with E-state index in [0.29, 0.717) is 52.9 Å². The van der Waals surface area contributed by atoms with Crippen molar-refractivity contribution in [3.63, 3.8) is 0 Å². The molecule has 0 bridgehead atoms. The van der Waals surface area contributed by atoms with Crippen LogP contribution in [-0.2, 0) is 18.9 Å². The summed E-state index contributed by atoms with van der Waals surface area (Å²) in [6.07, 6.45) is 0. The summed E-state index contributed by atoms with van der Waals surface area (Å²) in [5, 5.41) is 16.8. The molecule has 6 nitrogen and oxygen atoms in total. The van der Waals surface area contributed by atoms with Gasteiger partial charge >= 0.3 is 0 Å². The smallest absolute Gasteiger partial charge is 0.0701 e. The van der Waals surface area contributed by atoms with E-state index in [4.69, 9.17) is 29.2 Å². The summed E-state index contributed by atoms with van der Waals surface area (Å²) in [7, 11) is 0. The van der Waals surface area contributed by atoms with Crippen LogP contribution in [-0.4, -0.2) is 76.3 Å². The van der Waals surface area contributed by atoms with E-state index in [1.807, 2.05) is 0 Å². The molecule has 0 saturated carbocycles. The molecule has 2 N–H and O–H groups in total. The first-order valence-corrected chi connectivity index (χ1v) is 5.44. The molecule has 0 aliphatic carbocycles. The Labute approximate surface area is 129 Å². The zero-order valence-corrected chi connectivity index (χ0v) is 13.5. The van der Waals surface area contributed by atoms with Gasteiger partial charge in [0, 0.05) is 0 Å². The van der Waals surface area contributed by atoms with Gasteiger partial charge in [0.15, 0.2) is 0 Å². The van der Waals surface area contributed by atoms with Crippen LogP contribution in [0.25, 0.3) is 0 Å². The standard InChI is InChI=1S/C10H22O6.2BrH/c11-1-3-13-5-7-15-9-10-16-8-6-14-4-2-12;;/h11-12H,1-10H2;2*1H/p-2. The molecule has 18 heavy (non-hydrogen) atoms. The highest BCUT2D eigenvalue weighted by Gasteiger charge is 1.91. The van der Waals surface area contributed by atoms with E-state index >= 15 is 0 Å². The summed E-state index contributed by atoms with van der Waals surface area (Å²) >= 11 is 0. The van der Waals surface area contributed by atoms with Crippen molar-refractivity contribution >= 4 is 0 Å². The van der Waals surface area contributed by atoms with Crippen LogP contribution in [0.3, 0.4) is 0 Å². The number of halogens is 2. The lowest BCUT2D eigenvalue weighted by molar-refractivity contribution is -0.00856. The van der Waals surface area contributed by atoms with E-state index in [2.05, 4.69) is 0 Å². The van der Waals surface area contributed by atoms with E-state index in [-0.39, 0.29) is 47.2 Å². The van der Waals surface area contributed by atoms with Gasteiger partial charge in [0.25, 0.3) is 0 Å². The predicted molar refractivity (Wildman–Crippen MR) is 57.4 cm³/mol. The van der Waals surface area contributed by atoms with Crippen molar-refractivity contribution in [3.05, 3.63) is 0 Å². The fraction of sp³-hybridized carbons (Fsp3) is 1.00. The summed E-state index contributed by atoms with van der Waals surface area (Å²) in [5.74, 6) is 0. The molecule has 8 heteroatoms. The van der Waals surface area contributed by atoms with Gasteiger partial charge in [0.05, 0.1) is 66.1 Å². The zero-order chi connectivity index (χ0) is 11.9. The van der Waals surface area contributed by atoms with E-state index < -0.39 is 0 Å². The molecule has 0 unspecified atom stereocenters. The van der Waals surface area contributed by atoms with Crippen molar-refractivity contribution in [2.75, 3.05) is 66.1 Å². The topological polar surface area (TPSA) is 77.4 Å². The fourth-order valence-electron chi connectivity index (χ4n) is 0.891. The molecule has 0 amide bonds. The minimum atomic E-state index is 0. The van der Waals surface area contributed by atoms with Gasteiger partial charge in [-0.2, -0.15) is 0 Å². The van der Waals surface area contributed by atoms with Gasteiger partial charge in [-0.3, -0.25) is 0 Å². The Balaban J connectivity index is -0.00000112. The molecule has 0 aromatic carbocycles. The highest BCUT2D eigenvalue weighted by Crippen LogP contribution is 1.82. The third kappa shape index (κ3) is 21.9. The normalized spacial score (nSPS) is 9.67. The number of hydrogen-bond acceptors (Lipinski definition) is 6. The van der Waals surface area contributed by atoms with Crippen molar-refractivity contribution in [2.24, 2.45) is 0 Å². The molecular weight excluding hydrogens is 376 g/mol. The van der Waals surface area contributed by atoms with Gasteiger partial charge < -0.3 is 63.1 Å². The minimum Gasteiger partial charge on any atom is -1.00 e. The van der Waals surface area contributed by atoms with Crippen molar-refractivity contribution < 1.29 is 63.1 Å². The molecule has 0 aromatic rings. The van der Waals surface area contributed by atoms with Crippen molar-refractivity contribution in [2.45, 2.75) is 0 Å². The van der Waals surface area contributed by atoms with Crippen LogP contribution in [0.4, 0.5) is 0 Å². The highest BCUT2D eigenvalue weighted by molar-refractivity contribution is 4.34. The van der Waals surface area contributed by atoms with E-state index in [9.17, 15) is 0 Å². The second kappa shape index (κ2) is 22.9. The second-order valence-electron chi connectivity index (χ2n) is 2.90. The molecule has 0 fully saturated rings. The summed E-state index contributed by atoms with van der Waals surface area (Å²) in [6.45, 7) is 3.79. The lowest BCUT2D eigenvalue weighted by Gasteiger charge is -2.06. The molecule has 0 aliphatic heterocycles. The van der Waals surface area contributed by atoms with E-state index in [1.54, 1.807) is 0 Å². The first-order chi connectivity index (χ1) is 7.91. The SMILES string of the molecule is OCCOCCOCCOCCOCCO.[Br-].[Br-]. The van der Waals surface area contributed by atoms with Crippen LogP contribution < -0.4 is 34.0 Å². The third-order valence-corrected chi connectivity index (χ3v) is 1.59. The van der Waals surface area contributed by atoms with Crippen LogP contribution in [0.1, 0.15) is 0 Å². The Hall–Kier alpha value is 0.720. The van der Waals surface area contributed by atoms with Crippen LogP contribution in [0.5, 0.6) is 0 Å². The fourth-order valence-corrected chi connectivity index (χ4v) is 0.891. The average Bonchev–Trinajstić information content (AvgIpc) is 2.31. The average molecular weight is 398 g/mol. The minimum absolute atomic E-state index is 0. The summed E-state index contributed by atoms with van der Waals surface area (Å²) in [5.41, 5.74) is 0. The van der Waals surface area contributed by atoms with Crippen LogP contribution in [0.15, 0.2) is 0 Å². The Bertz CT molecular complexity index is 117. The number of hydrogen-bond donors (Lipinski definition) is 2. The van der Waals surface area contributed by atoms with Crippen LogP contribution >= 0.6 is 0 Å². The molecule has 0 atom stereocenters. The van der Waals surface area contributed by atoms with Crippen molar-refractivity contribution in [3.8, 4) is 0 Å². The molecule has 114 valence electrons. The largest absolute Gasteiger partial charge is 1.00 e. The molecule has 0 aliphatic rings. The van der Waals surface area contributed by atoms with Gasteiger partial charge in [-0.1, -0.05) is 0 Å². The Morgan fingerprint density at radius 2 is 0.667 bits per heavy atom. The quantitative estimate of drug-likeness (QED) is 0.301. The molecule has 0 aromatic heterocycles. The van der Waals surface area contributed by atoms with Gasteiger partial charge in [-0.05, 0) is 0 Å². The maximum absolute atomic E-state index is 8.41. The monoisotopic (exact) mass is 396 g/mol. The first kappa shape index (κ1) is 23.8. The molecule has 0 radical (unpaired) electrons. The van der Waals surface area contributed by atoms with Crippen LogP contribution in [0, 0.1) is 0 Å². The zero-order valence-electron chi connectivity index (χ0n) is 10.4. The molecule has 0 saturated heterocycles. The number of rotatable bonds is 13. The van der Waals surface area contributed by atoms with Gasteiger partial charge in [-0.15, -0.1) is 0 Å². The number of aliphatic hydroxyl groups is 2.